The van der Waals surface area contributed by atoms with Gasteiger partial charge in [-0.05, 0) is 19.4 Å². The van der Waals surface area contributed by atoms with Gasteiger partial charge in [-0.25, -0.2) is 9.97 Å². The van der Waals surface area contributed by atoms with E-state index in [4.69, 9.17) is 10.5 Å². The molecule has 3 N–H and O–H groups in total. The van der Waals surface area contributed by atoms with E-state index < -0.39 is 0 Å². The lowest BCUT2D eigenvalue weighted by Crippen LogP contribution is -2.25. The Kier molecular flexibility index (Phi) is 7.51. The minimum absolute atomic E-state index is 0.206. The van der Waals surface area contributed by atoms with Crippen molar-refractivity contribution in [2.24, 2.45) is 0 Å². The standard InChI is InChI=1S/C12H15N5O.C3H8.C2H6/c1-3-7-5-18-11-9-8(4-6(2)14-11)16-12(13)17-10(9)15-7;1-3-2;1-2/h4,7H,3,5H2,1-2H3,(H3,13,15,16,17);3H2,1-2H3;1-2H3. The van der Waals surface area contributed by atoms with Gasteiger partial charge in [0.1, 0.15) is 17.8 Å². The van der Waals surface area contributed by atoms with Crippen LogP contribution in [0.4, 0.5) is 11.8 Å². The zero-order valence-corrected chi connectivity index (χ0v) is 15.1. The minimum atomic E-state index is 0.206. The van der Waals surface area contributed by atoms with Crippen LogP contribution in [0.15, 0.2) is 6.07 Å². The summed E-state index contributed by atoms with van der Waals surface area (Å²) in [7, 11) is 0. The molecule has 0 amide bonds. The number of hydrogen-bond donors (Lipinski definition) is 2. The Hall–Kier alpha value is -2.11. The number of ether oxygens (including phenoxy) is 1. The van der Waals surface area contributed by atoms with E-state index >= 15 is 0 Å². The molecular formula is C17H29N5O. The van der Waals surface area contributed by atoms with Gasteiger partial charge in [0.15, 0.2) is 0 Å². The second-order valence-corrected chi connectivity index (χ2v) is 5.16. The fourth-order valence-corrected chi connectivity index (χ4v) is 2.10. The van der Waals surface area contributed by atoms with Crippen LogP contribution in [-0.4, -0.2) is 27.6 Å². The highest BCUT2D eigenvalue weighted by Crippen LogP contribution is 2.32. The molecule has 0 aromatic carbocycles. The van der Waals surface area contributed by atoms with E-state index in [0.717, 1.165) is 23.0 Å². The Labute approximate surface area is 138 Å². The molecular weight excluding hydrogens is 290 g/mol. The number of nitrogens with two attached hydrogens (primary N) is 1. The van der Waals surface area contributed by atoms with Gasteiger partial charge < -0.3 is 15.8 Å². The van der Waals surface area contributed by atoms with Gasteiger partial charge >= 0.3 is 0 Å². The SMILES string of the molecule is CC.CCC.CCC1COc2nc(C)cc3nc(N)nc(c23)N1. The Morgan fingerprint density at radius 1 is 1.22 bits per heavy atom. The quantitative estimate of drug-likeness (QED) is 0.828. The summed E-state index contributed by atoms with van der Waals surface area (Å²) in [5, 5.41) is 4.15. The van der Waals surface area contributed by atoms with Crippen molar-refractivity contribution < 1.29 is 4.74 Å². The van der Waals surface area contributed by atoms with Crippen molar-refractivity contribution in [2.45, 2.75) is 60.4 Å². The molecule has 6 nitrogen and oxygen atoms in total. The summed E-state index contributed by atoms with van der Waals surface area (Å²) in [5.41, 5.74) is 7.36. The Bertz CT molecular complexity index is 625. The second kappa shape index (κ2) is 9.12. The van der Waals surface area contributed by atoms with Crippen molar-refractivity contribution in [3.8, 4) is 5.88 Å². The third-order valence-corrected chi connectivity index (χ3v) is 3.05. The van der Waals surface area contributed by atoms with Gasteiger partial charge in [0.2, 0.25) is 11.8 Å². The molecule has 2 aromatic rings. The molecule has 23 heavy (non-hydrogen) atoms. The first-order chi connectivity index (χ1) is 11.1. The topological polar surface area (TPSA) is 86.0 Å². The van der Waals surface area contributed by atoms with E-state index in [1.807, 2.05) is 26.8 Å². The van der Waals surface area contributed by atoms with E-state index in [0.29, 0.717) is 18.3 Å². The summed E-state index contributed by atoms with van der Waals surface area (Å²) in [4.78, 5) is 12.9. The predicted molar refractivity (Wildman–Crippen MR) is 97.0 cm³/mol. The molecule has 0 bridgehead atoms. The molecule has 2 aromatic heterocycles. The van der Waals surface area contributed by atoms with E-state index in [-0.39, 0.29) is 12.0 Å². The average Bonchev–Trinajstić information content (AvgIpc) is 2.69. The maximum atomic E-state index is 5.75. The highest BCUT2D eigenvalue weighted by Gasteiger charge is 2.21. The highest BCUT2D eigenvalue weighted by atomic mass is 16.5. The Balaban J connectivity index is 0.000000477. The number of rotatable bonds is 1. The van der Waals surface area contributed by atoms with Crippen molar-refractivity contribution in [1.29, 1.82) is 0 Å². The lowest BCUT2D eigenvalue weighted by atomic mass is 10.2. The number of hydrogen-bond acceptors (Lipinski definition) is 6. The number of nitrogens with one attached hydrogen (secondary N) is 1. The molecule has 1 aliphatic rings. The normalized spacial score (nSPS) is 15.1. The van der Waals surface area contributed by atoms with Crippen LogP contribution >= 0.6 is 0 Å². The number of nitrogen functional groups attached to an aromatic ring is 1. The van der Waals surface area contributed by atoms with Crippen LogP contribution in [0.3, 0.4) is 0 Å². The van der Waals surface area contributed by atoms with Crippen LogP contribution in [0.2, 0.25) is 0 Å². The largest absolute Gasteiger partial charge is 0.475 e. The molecule has 1 atom stereocenters. The molecule has 0 spiro atoms. The molecule has 1 unspecified atom stereocenters. The highest BCUT2D eigenvalue weighted by molar-refractivity contribution is 5.94. The summed E-state index contributed by atoms with van der Waals surface area (Å²) >= 11 is 0. The maximum Gasteiger partial charge on any atom is 0.227 e. The molecule has 3 rings (SSSR count). The Morgan fingerprint density at radius 3 is 2.48 bits per heavy atom. The van der Waals surface area contributed by atoms with E-state index in [1.165, 1.54) is 6.42 Å². The molecule has 3 heterocycles. The number of pyridine rings is 1. The summed E-state index contributed by atoms with van der Waals surface area (Å²) in [6.07, 6.45) is 2.19. The van der Waals surface area contributed by atoms with Crippen LogP contribution < -0.4 is 15.8 Å². The first-order valence-electron chi connectivity index (χ1n) is 8.43. The van der Waals surface area contributed by atoms with Crippen molar-refractivity contribution in [3.63, 3.8) is 0 Å². The predicted octanol–water partition coefficient (Wildman–Crippen LogP) is 3.94. The third kappa shape index (κ3) is 4.68. The van der Waals surface area contributed by atoms with Crippen LogP contribution in [0, 0.1) is 6.92 Å². The monoisotopic (exact) mass is 319 g/mol. The molecule has 0 fully saturated rings. The van der Waals surface area contributed by atoms with Gasteiger partial charge in [0.05, 0.1) is 11.6 Å². The fraction of sp³-hybridized carbons (Fsp3) is 0.588. The van der Waals surface area contributed by atoms with E-state index in [1.54, 1.807) is 0 Å². The smallest absolute Gasteiger partial charge is 0.227 e. The van der Waals surface area contributed by atoms with Gasteiger partial charge in [-0.3, -0.25) is 0 Å². The first-order valence-corrected chi connectivity index (χ1v) is 8.43. The van der Waals surface area contributed by atoms with E-state index in [2.05, 4.69) is 41.0 Å². The van der Waals surface area contributed by atoms with Gasteiger partial charge in [-0.15, -0.1) is 0 Å². The minimum Gasteiger partial charge on any atom is -0.475 e. The molecule has 1 aliphatic heterocycles. The van der Waals surface area contributed by atoms with Gasteiger partial charge in [0.25, 0.3) is 0 Å². The van der Waals surface area contributed by atoms with Crippen LogP contribution in [-0.2, 0) is 0 Å². The zero-order valence-electron chi connectivity index (χ0n) is 15.1. The molecule has 0 radical (unpaired) electrons. The summed E-state index contributed by atoms with van der Waals surface area (Å²) in [5.74, 6) is 1.56. The van der Waals surface area contributed by atoms with E-state index in [9.17, 15) is 0 Å². The number of aromatic nitrogens is 3. The lowest BCUT2D eigenvalue weighted by molar-refractivity contribution is 0.290. The fourth-order valence-electron chi connectivity index (χ4n) is 2.10. The molecule has 128 valence electrons. The van der Waals surface area contributed by atoms with Crippen LogP contribution in [0.1, 0.15) is 53.2 Å². The maximum absolute atomic E-state index is 5.75. The van der Waals surface area contributed by atoms with Crippen LogP contribution in [0.5, 0.6) is 5.88 Å². The first kappa shape index (κ1) is 18.9. The zero-order chi connectivity index (χ0) is 17.4. The van der Waals surface area contributed by atoms with Gasteiger partial charge in [0, 0.05) is 5.69 Å². The number of anilines is 2. The Morgan fingerprint density at radius 2 is 1.87 bits per heavy atom. The van der Waals surface area contributed by atoms with Gasteiger partial charge in [-0.1, -0.05) is 41.0 Å². The molecule has 6 heteroatoms. The summed E-state index contributed by atoms with van der Waals surface area (Å²) in [6.45, 7) is 12.8. The van der Waals surface area contributed by atoms with Crippen molar-refractivity contribution in [3.05, 3.63) is 11.8 Å². The van der Waals surface area contributed by atoms with Crippen molar-refractivity contribution in [2.75, 3.05) is 17.7 Å². The summed E-state index contributed by atoms with van der Waals surface area (Å²) < 4.78 is 5.75. The molecule has 0 saturated carbocycles. The van der Waals surface area contributed by atoms with Crippen molar-refractivity contribution in [1.82, 2.24) is 15.0 Å². The van der Waals surface area contributed by atoms with Crippen LogP contribution in [0.25, 0.3) is 10.9 Å². The molecule has 0 saturated heterocycles. The average molecular weight is 319 g/mol. The van der Waals surface area contributed by atoms with Crippen molar-refractivity contribution >= 4 is 22.7 Å². The summed E-state index contributed by atoms with van der Waals surface area (Å²) in [6, 6.07) is 2.09. The number of nitrogens with zero attached hydrogens (tertiary/aromatic N) is 3. The second-order valence-electron chi connectivity index (χ2n) is 5.16. The number of aryl methyl sites for hydroxylation is 1. The molecule has 0 aliphatic carbocycles. The third-order valence-electron chi connectivity index (χ3n) is 3.05. The van der Waals surface area contributed by atoms with Gasteiger partial charge in [-0.2, -0.15) is 4.98 Å². The lowest BCUT2D eigenvalue weighted by Gasteiger charge is -2.13.